The summed E-state index contributed by atoms with van der Waals surface area (Å²) in [7, 11) is -3.61. The first-order valence-electron chi connectivity index (χ1n) is 11.1. The molecule has 0 radical (unpaired) electrons. The Kier molecular flexibility index (Phi) is 6.93. The Balaban J connectivity index is 1.56. The molecule has 0 bridgehead atoms. The minimum atomic E-state index is -3.61. The van der Waals surface area contributed by atoms with Gasteiger partial charge in [0.25, 0.3) is 0 Å². The average molecular weight is 534 g/mol. The van der Waals surface area contributed by atoms with Crippen molar-refractivity contribution in [2.75, 3.05) is 6.54 Å². The van der Waals surface area contributed by atoms with Gasteiger partial charge in [0.2, 0.25) is 10.0 Å². The molecule has 0 saturated carbocycles. The maximum Gasteiger partial charge on any atom is 0.243 e. The number of hydrogen-bond donors (Lipinski definition) is 0. The fourth-order valence-electron chi connectivity index (χ4n) is 4.60. The molecule has 0 amide bonds. The number of nitrogens with zero attached hydrogens (tertiary/aromatic N) is 3. The maximum absolute atomic E-state index is 13.3. The quantitative estimate of drug-likeness (QED) is 0.323. The molecule has 2 atom stereocenters. The number of fused-ring (bicyclic) bond motifs is 1. The second kappa shape index (κ2) is 9.56. The smallest absolute Gasteiger partial charge is 0.243 e. The average Bonchev–Trinajstić information content (AvgIpc) is 3.11. The normalized spacial score (nSPS) is 19.8. The molecule has 0 aliphatic carbocycles. The molecule has 3 aromatic rings. The van der Waals surface area contributed by atoms with E-state index in [1.807, 2.05) is 43.7 Å². The van der Waals surface area contributed by atoms with Gasteiger partial charge in [0, 0.05) is 24.2 Å². The molecule has 4 rings (SSSR count). The number of aldehydes is 1. The van der Waals surface area contributed by atoms with E-state index in [9.17, 15) is 13.2 Å². The number of halogens is 1. The van der Waals surface area contributed by atoms with Crippen molar-refractivity contribution in [1.82, 2.24) is 13.9 Å². The van der Waals surface area contributed by atoms with Gasteiger partial charge in [-0.1, -0.05) is 0 Å². The van der Waals surface area contributed by atoms with Gasteiger partial charge in [0.05, 0.1) is 17.5 Å². The highest BCUT2D eigenvalue weighted by Gasteiger charge is 2.36. The Morgan fingerprint density at radius 3 is 2.58 bits per heavy atom. The highest BCUT2D eigenvalue weighted by molar-refractivity contribution is 9.10. The molecule has 1 aromatic carbocycles. The fourth-order valence-corrected chi connectivity index (χ4v) is 6.56. The van der Waals surface area contributed by atoms with Crippen LogP contribution in [0.5, 0.6) is 5.75 Å². The van der Waals surface area contributed by atoms with Crippen molar-refractivity contribution in [1.29, 1.82) is 0 Å². The third kappa shape index (κ3) is 4.85. The zero-order chi connectivity index (χ0) is 23.8. The van der Waals surface area contributed by atoms with Crippen molar-refractivity contribution in [2.45, 2.75) is 63.1 Å². The van der Waals surface area contributed by atoms with E-state index < -0.39 is 10.0 Å². The van der Waals surface area contributed by atoms with Crippen molar-refractivity contribution in [3.8, 4) is 5.75 Å². The van der Waals surface area contributed by atoms with Gasteiger partial charge in [0.1, 0.15) is 22.3 Å². The first kappa shape index (κ1) is 23.9. The topological polar surface area (TPSA) is 81.5 Å². The van der Waals surface area contributed by atoms with E-state index in [-0.39, 0.29) is 29.5 Å². The zero-order valence-corrected chi connectivity index (χ0v) is 21.3. The molecule has 9 heteroatoms. The van der Waals surface area contributed by atoms with Crippen LogP contribution >= 0.6 is 15.9 Å². The van der Waals surface area contributed by atoms with E-state index in [2.05, 4.69) is 20.9 Å². The molecule has 1 aliphatic heterocycles. The molecule has 7 nitrogen and oxygen atoms in total. The van der Waals surface area contributed by atoms with Gasteiger partial charge in [-0.05, 0) is 97.4 Å². The predicted molar refractivity (Wildman–Crippen MR) is 131 cm³/mol. The van der Waals surface area contributed by atoms with Crippen molar-refractivity contribution >= 4 is 43.3 Å². The summed E-state index contributed by atoms with van der Waals surface area (Å²) in [6, 6.07) is 10.4. The van der Waals surface area contributed by atoms with Crippen LogP contribution in [0.4, 0.5) is 0 Å². The van der Waals surface area contributed by atoms with Crippen molar-refractivity contribution < 1.29 is 17.9 Å². The summed E-state index contributed by atoms with van der Waals surface area (Å²) >= 11 is 3.41. The van der Waals surface area contributed by atoms with E-state index >= 15 is 0 Å². The molecule has 0 N–H and O–H groups in total. The summed E-state index contributed by atoms with van der Waals surface area (Å²) in [5.74, 6) is 0.842. The lowest BCUT2D eigenvalue weighted by Gasteiger charge is -2.36. The highest BCUT2D eigenvalue weighted by Crippen LogP contribution is 2.38. The Morgan fingerprint density at radius 1 is 1.21 bits per heavy atom. The molecular formula is C24H28BrN3O4S. The minimum absolute atomic E-state index is 0.0281. The Bertz CT molecular complexity index is 1250. The van der Waals surface area contributed by atoms with E-state index in [4.69, 9.17) is 4.74 Å². The highest BCUT2D eigenvalue weighted by atomic mass is 79.9. The number of ether oxygens (including phenoxy) is 1. The van der Waals surface area contributed by atoms with Crippen LogP contribution in [0.15, 0.2) is 52.1 Å². The minimum Gasteiger partial charge on any atom is -0.491 e. The molecule has 1 saturated heterocycles. The van der Waals surface area contributed by atoms with Crippen LogP contribution in [0.3, 0.4) is 0 Å². The number of piperidine rings is 1. The first-order chi connectivity index (χ1) is 15.7. The Labute approximate surface area is 202 Å². The second-order valence-electron chi connectivity index (χ2n) is 8.73. The monoisotopic (exact) mass is 533 g/mol. The number of rotatable bonds is 7. The van der Waals surface area contributed by atoms with Crippen LogP contribution in [0.1, 0.15) is 45.1 Å². The van der Waals surface area contributed by atoms with E-state index in [1.54, 1.807) is 28.6 Å². The van der Waals surface area contributed by atoms with Gasteiger partial charge in [-0.25, -0.2) is 13.4 Å². The lowest BCUT2D eigenvalue weighted by molar-refractivity contribution is -0.108. The molecule has 2 unspecified atom stereocenters. The van der Waals surface area contributed by atoms with E-state index in [0.29, 0.717) is 29.7 Å². The molecule has 33 heavy (non-hydrogen) atoms. The summed E-state index contributed by atoms with van der Waals surface area (Å²) in [5, 5.41) is 1.01. The molecular weight excluding hydrogens is 506 g/mol. The summed E-state index contributed by atoms with van der Waals surface area (Å²) in [4.78, 5) is 16.0. The number of carbonyl (C=O) groups excluding carboxylic acids is 1. The molecule has 1 aliphatic rings. The number of aromatic nitrogens is 2. The van der Waals surface area contributed by atoms with Crippen LogP contribution in [0.25, 0.3) is 11.0 Å². The van der Waals surface area contributed by atoms with Crippen LogP contribution in [-0.4, -0.2) is 47.3 Å². The largest absolute Gasteiger partial charge is 0.491 e. The van der Waals surface area contributed by atoms with E-state index in [0.717, 1.165) is 22.9 Å². The first-order valence-corrected chi connectivity index (χ1v) is 13.3. The van der Waals surface area contributed by atoms with Gasteiger partial charge in [-0.15, -0.1) is 0 Å². The Morgan fingerprint density at radius 2 is 1.94 bits per heavy atom. The lowest BCUT2D eigenvalue weighted by atomic mass is 9.87. The lowest BCUT2D eigenvalue weighted by Crippen LogP contribution is -2.43. The number of pyridine rings is 1. The molecule has 0 spiro atoms. The van der Waals surface area contributed by atoms with Crippen LogP contribution < -0.4 is 4.74 Å². The third-order valence-electron chi connectivity index (χ3n) is 6.05. The van der Waals surface area contributed by atoms with Crippen LogP contribution in [0.2, 0.25) is 0 Å². The van der Waals surface area contributed by atoms with Gasteiger partial charge in [-0.2, -0.15) is 4.31 Å². The van der Waals surface area contributed by atoms with Gasteiger partial charge >= 0.3 is 0 Å². The maximum atomic E-state index is 13.3. The van der Waals surface area contributed by atoms with Crippen LogP contribution in [0, 0.1) is 0 Å². The predicted octanol–water partition coefficient (Wildman–Crippen LogP) is 4.74. The van der Waals surface area contributed by atoms with Crippen molar-refractivity contribution in [3.63, 3.8) is 0 Å². The van der Waals surface area contributed by atoms with Crippen molar-refractivity contribution in [2.24, 2.45) is 0 Å². The summed E-state index contributed by atoms with van der Waals surface area (Å²) in [5.41, 5.74) is 1.88. The zero-order valence-electron chi connectivity index (χ0n) is 18.9. The summed E-state index contributed by atoms with van der Waals surface area (Å²) < 4.78 is 36.5. The molecule has 3 heterocycles. The van der Waals surface area contributed by atoms with Gasteiger partial charge in [0.15, 0.2) is 0 Å². The molecule has 2 aromatic heterocycles. The second-order valence-corrected chi connectivity index (χ2v) is 11.4. The third-order valence-corrected chi connectivity index (χ3v) is 8.52. The Hall–Kier alpha value is -2.23. The van der Waals surface area contributed by atoms with Crippen molar-refractivity contribution in [3.05, 3.63) is 52.8 Å². The number of carbonyl (C=O) groups is 1. The van der Waals surface area contributed by atoms with Crippen LogP contribution in [-0.2, 0) is 21.4 Å². The van der Waals surface area contributed by atoms with Gasteiger partial charge < -0.3 is 14.1 Å². The molecule has 1 fully saturated rings. The number of hydrogen-bond acceptors (Lipinski definition) is 5. The summed E-state index contributed by atoms with van der Waals surface area (Å²) in [6.07, 6.45) is 4.29. The molecule has 176 valence electrons. The SMILES string of the molecule is CC(C)Oc1ccc(S(=O)(=O)N2CCC(c3cn(CC=O)c4nc(Br)ccc34)CC2C)cc1. The van der Waals surface area contributed by atoms with E-state index in [1.165, 1.54) is 0 Å². The fraction of sp³-hybridized carbons (Fsp3) is 0.417. The summed E-state index contributed by atoms with van der Waals surface area (Å²) in [6.45, 7) is 6.49. The van der Waals surface area contributed by atoms with Gasteiger partial charge in [-0.3, -0.25) is 0 Å². The number of sulfonamides is 1. The standard InChI is InChI=1S/C24H28BrN3O4S/c1-16(2)32-19-4-6-20(7-5-19)33(30,31)28-11-10-18(14-17(28)3)22-15-27(12-13-29)24-21(22)8-9-23(25)26-24/h4-9,13,15-18H,10-12,14H2,1-3H3. The number of benzene rings is 1.